The van der Waals surface area contributed by atoms with E-state index >= 15 is 0 Å². The van der Waals surface area contributed by atoms with E-state index in [1.807, 2.05) is 45.0 Å². The smallest absolute Gasteiger partial charge is 0.410 e. The minimum Gasteiger partial charge on any atom is -0.444 e. The van der Waals surface area contributed by atoms with Crippen LogP contribution >= 0.6 is 0 Å². The molecule has 1 aliphatic rings. The Morgan fingerprint density at radius 1 is 1.29 bits per heavy atom. The topological polar surface area (TPSA) is 72.4 Å². The molecule has 2 heterocycles. The average molecular weight is 347 g/mol. The Morgan fingerprint density at radius 3 is 2.71 bits per heavy atom. The molecule has 2 unspecified atom stereocenters. The first kappa shape index (κ1) is 16.8. The molecule has 1 aromatic carbocycles. The standard InChI is InChI=1S/C17H21N3O3S/c1-17(2,3)23-16(21)20-9-8-12(11-20)24(22)15-10-18-13-6-4-5-7-14(13)19-15/h4-7,10,12H,8-9,11H2,1-3H3. The van der Waals surface area contributed by atoms with Crippen molar-refractivity contribution in [1.29, 1.82) is 0 Å². The molecule has 128 valence electrons. The zero-order valence-electron chi connectivity index (χ0n) is 14.1. The fraction of sp³-hybridized carbons (Fsp3) is 0.471. The first-order valence-electron chi connectivity index (χ1n) is 7.94. The first-order chi connectivity index (χ1) is 11.3. The van der Waals surface area contributed by atoms with Crippen LogP contribution in [0.1, 0.15) is 27.2 Å². The van der Waals surface area contributed by atoms with Crippen LogP contribution in [0, 0.1) is 0 Å². The molecule has 1 aliphatic heterocycles. The van der Waals surface area contributed by atoms with E-state index in [1.54, 1.807) is 11.1 Å². The van der Waals surface area contributed by atoms with Crippen LogP contribution in [0.3, 0.4) is 0 Å². The number of hydrogen-bond donors (Lipinski definition) is 0. The normalized spacial score (nSPS) is 19.5. The second-order valence-corrected chi connectivity index (χ2v) is 8.51. The van der Waals surface area contributed by atoms with Crippen LogP contribution in [0.2, 0.25) is 0 Å². The summed E-state index contributed by atoms with van der Waals surface area (Å²) in [5, 5.41) is 0.317. The molecule has 0 radical (unpaired) electrons. The van der Waals surface area contributed by atoms with Crippen molar-refractivity contribution in [2.45, 2.75) is 43.1 Å². The van der Waals surface area contributed by atoms with E-state index in [2.05, 4.69) is 9.97 Å². The Kier molecular flexibility index (Phi) is 4.54. The summed E-state index contributed by atoms with van der Waals surface area (Å²) in [5.74, 6) is 0. The number of para-hydroxylation sites is 2. The minimum atomic E-state index is -1.30. The second kappa shape index (κ2) is 6.47. The van der Waals surface area contributed by atoms with E-state index < -0.39 is 16.4 Å². The SMILES string of the molecule is CC(C)(C)OC(=O)N1CCC(S(=O)c2cnc3ccccc3n2)C1. The number of aromatic nitrogens is 2. The summed E-state index contributed by atoms with van der Waals surface area (Å²) in [6, 6.07) is 7.49. The van der Waals surface area contributed by atoms with Gasteiger partial charge in [0.1, 0.15) is 10.6 Å². The van der Waals surface area contributed by atoms with Crippen molar-refractivity contribution in [3.05, 3.63) is 30.5 Å². The summed E-state index contributed by atoms with van der Waals surface area (Å²) < 4.78 is 18.1. The molecule has 0 spiro atoms. The highest BCUT2D eigenvalue weighted by Crippen LogP contribution is 2.22. The zero-order valence-corrected chi connectivity index (χ0v) is 14.9. The summed E-state index contributed by atoms with van der Waals surface area (Å²) in [6.45, 7) is 6.46. The second-order valence-electron chi connectivity index (χ2n) is 6.83. The maximum absolute atomic E-state index is 12.8. The third-order valence-electron chi connectivity index (χ3n) is 3.73. The fourth-order valence-corrected chi connectivity index (χ4v) is 3.92. The van der Waals surface area contributed by atoms with Crippen molar-refractivity contribution in [1.82, 2.24) is 14.9 Å². The maximum atomic E-state index is 12.8. The lowest BCUT2D eigenvalue weighted by Gasteiger charge is -2.24. The van der Waals surface area contributed by atoms with Gasteiger partial charge in [-0.1, -0.05) is 12.1 Å². The third-order valence-corrected chi connectivity index (χ3v) is 5.33. The highest BCUT2D eigenvalue weighted by Gasteiger charge is 2.33. The molecule has 0 saturated carbocycles. The van der Waals surface area contributed by atoms with Gasteiger partial charge in [0.2, 0.25) is 0 Å². The molecule has 1 fully saturated rings. The molecular formula is C17H21N3O3S. The first-order valence-corrected chi connectivity index (χ1v) is 9.15. The number of ether oxygens (including phenoxy) is 1. The van der Waals surface area contributed by atoms with Crippen molar-refractivity contribution in [2.24, 2.45) is 0 Å². The lowest BCUT2D eigenvalue weighted by Crippen LogP contribution is -2.36. The quantitative estimate of drug-likeness (QED) is 0.835. The predicted octanol–water partition coefficient (Wildman–Crippen LogP) is 2.75. The fourth-order valence-electron chi connectivity index (χ4n) is 2.60. The zero-order chi connectivity index (χ0) is 17.3. The molecule has 2 aromatic rings. The Labute approximate surface area is 143 Å². The molecule has 1 amide bonds. The molecular weight excluding hydrogens is 326 g/mol. The molecule has 0 N–H and O–H groups in total. The van der Waals surface area contributed by atoms with Gasteiger partial charge in [0, 0.05) is 13.1 Å². The number of amides is 1. The molecule has 3 rings (SSSR count). The lowest BCUT2D eigenvalue weighted by molar-refractivity contribution is 0.0295. The molecule has 6 nitrogen and oxygen atoms in total. The van der Waals surface area contributed by atoms with E-state index in [-0.39, 0.29) is 11.3 Å². The maximum Gasteiger partial charge on any atom is 0.410 e. The van der Waals surface area contributed by atoms with Gasteiger partial charge < -0.3 is 9.64 Å². The van der Waals surface area contributed by atoms with Gasteiger partial charge in [-0.25, -0.2) is 9.78 Å². The van der Waals surface area contributed by atoms with Gasteiger partial charge in [-0.05, 0) is 39.3 Å². The van der Waals surface area contributed by atoms with E-state index in [0.717, 1.165) is 11.0 Å². The van der Waals surface area contributed by atoms with Gasteiger partial charge in [-0.2, -0.15) is 0 Å². The monoisotopic (exact) mass is 347 g/mol. The largest absolute Gasteiger partial charge is 0.444 e. The van der Waals surface area contributed by atoms with E-state index in [9.17, 15) is 9.00 Å². The molecule has 2 atom stereocenters. The van der Waals surface area contributed by atoms with E-state index in [4.69, 9.17) is 4.74 Å². The van der Waals surface area contributed by atoms with Crippen LogP contribution in [0.5, 0.6) is 0 Å². The summed E-state index contributed by atoms with van der Waals surface area (Å²) in [7, 11) is -1.30. The lowest BCUT2D eigenvalue weighted by atomic mass is 10.2. The number of nitrogens with zero attached hydrogens (tertiary/aromatic N) is 3. The van der Waals surface area contributed by atoms with Crippen LogP contribution in [-0.2, 0) is 15.5 Å². The number of carbonyl (C=O) groups excluding carboxylic acids is 1. The molecule has 0 bridgehead atoms. The number of carbonyl (C=O) groups is 1. The van der Waals surface area contributed by atoms with Gasteiger partial charge in [0.05, 0.1) is 33.3 Å². The van der Waals surface area contributed by atoms with Gasteiger partial charge >= 0.3 is 6.09 Å². The Bertz CT molecular complexity index is 788. The van der Waals surface area contributed by atoms with Gasteiger partial charge in [0.25, 0.3) is 0 Å². The van der Waals surface area contributed by atoms with Crippen LogP contribution in [0.4, 0.5) is 4.79 Å². The molecule has 0 aliphatic carbocycles. The summed E-state index contributed by atoms with van der Waals surface area (Å²) in [4.78, 5) is 22.5. The Hall–Kier alpha value is -2.02. The number of hydrogen-bond acceptors (Lipinski definition) is 5. The highest BCUT2D eigenvalue weighted by molar-refractivity contribution is 7.85. The van der Waals surface area contributed by atoms with Gasteiger partial charge in [-0.15, -0.1) is 0 Å². The molecule has 1 aromatic heterocycles. The minimum absolute atomic E-state index is 0.145. The number of likely N-dealkylation sites (tertiary alicyclic amines) is 1. The van der Waals surface area contributed by atoms with Crippen molar-refractivity contribution in [3.8, 4) is 0 Å². The van der Waals surface area contributed by atoms with Crippen LogP contribution in [0.15, 0.2) is 35.5 Å². The predicted molar refractivity (Wildman–Crippen MR) is 92.2 cm³/mol. The van der Waals surface area contributed by atoms with Gasteiger partial charge in [0.15, 0.2) is 0 Å². The summed E-state index contributed by atoms with van der Waals surface area (Å²) >= 11 is 0. The van der Waals surface area contributed by atoms with Gasteiger partial charge in [-0.3, -0.25) is 9.19 Å². The van der Waals surface area contributed by atoms with Crippen molar-refractivity contribution in [2.75, 3.05) is 13.1 Å². The van der Waals surface area contributed by atoms with Crippen LogP contribution < -0.4 is 0 Å². The van der Waals surface area contributed by atoms with Crippen molar-refractivity contribution < 1.29 is 13.7 Å². The molecule has 24 heavy (non-hydrogen) atoms. The Balaban J connectivity index is 1.70. The summed E-state index contributed by atoms with van der Waals surface area (Å²) in [6.07, 6.45) is 1.88. The highest BCUT2D eigenvalue weighted by atomic mass is 32.2. The van der Waals surface area contributed by atoms with Crippen molar-refractivity contribution in [3.63, 3.8) is 0 Å². The van der Waals surface area contributed by atoms with E-state index in [1.165, 1.54) is 0 Å². The van der Waals surface area contributed by atoms with Crippen molar-refractivity contribution >= 4 is 27.9 Å². The summed E-state index contributed by atoms with van der Waals surface area (Å²) in [5.41, 5.74) is 0.975. The number of benzene rings is 1. The van der Waals surface area contributed by atoms with Crippen LogP contribution in [-0.4, -0.2) is 49.1 Å². The third kappa shape index (κ3) is 3.72. The van der Waals surface area contributed by atoms with Crippen LogP contribution in [0.25, 0.3) is 11.0 Å². The van der Waals surface area contributed by atoms with E-state index in [0.29, 0.717) is 24.5 Å². The number of rotatable bonds is 2. The molecule has 1 saturated heterocycles. The molecule has 7 heteroatoms. The average Bonchev–Trinajstić information content (AvgIpc) is 3.02. The number of fused-ring (bicyclic) bond motifs is 1. The Morgan fingerprint density at radius 2 is 2.00 bits per heavy atom.